The molecule has 2 heterocycles. The maximum Gasteiger partial charge on any atom is 0.143 e. The minimum Gasteiger partial charge on any atom is -0.370 e. The van der Waals surface area contributed by atoms with Gasteiger partial charge in [0.1, 0.15) is 15.4 Å². The van der Waals surface area contributed by atoms with Gasteiger partial charge in [-0.15, -0.1) is 0 Å². The summed E-state index contributed by atoms with van der Waals surface area (Å²) in [5, 5.41) is 0.955. The third kappa shape index (κ3) is 3.18. The van der Waals surface area contributed by atoms with E-state index in [0.29, 0.717) is 13.2 Å². The number of pyridine rings is 1. The van der Waals surface area contributed by atoms with Crippen LogP contribution in [0.2, 0.25) is 0 Å². The number of halogens is 1. The Bertz CT molecular complexity index is 684. The van der Waals surface area contributed by atoms with Gasteiger partial charge in [-0.2, -0.15) is 0 Å². The molecule has 0 radical (unpaired) electrons. The van der Waals surface area contributed by atoms with Gasteiger partial charge >= 0.3 is 0 Å². The molecule has 2 aromatic heterocycles. The molecule has 1 aromatic carbocycles. The van der Waals surface area contributed by atoms with E-state index in [-0.39, 0.29) is 0 Å². The van der Waals surface area contributed by atoms with Crippen LogP contribution < -0.4 is 0 Å². The number of hydrogen-bond acceptors (Lipinski definition) is 4. The monoisotopic (exact) mass is 334 g/mol. The average Bonchev–Trinajstić information content (AvgIpc) is 2.82. The number of nitrogens with zero attached hydrogens (tertiary/aromatic N) is 2. The van der Waals surface area contributed by atoms with E-state index in [1.54, 1.807) is 17.5 Å². The SMILES string of the molecule is Brc1cnc2sc(COCc3ccccc3)nc2c1. The van der Waals surface area contributed by atoms with Crippen LogP contribution >= 0.6 is 27.3 Å². The first kappa shape index (κ1) is 12.7. The molecule has 3 rings (SSSR count). The Labute approximate surface area is 123 Å². The molecule has 19 heavy (non-hydrogen) atoms. The third-order valence-corrected chi connectivity index (χ3v) is 3.98. The molecule has 5 heteroatoms. The van der Waals surface area contributed by atoms with Crippen molar-refractivity contribution in [2.75, 3.05) is 0 Å². The van der Waals surface area contributed by atoms with Crippen LogP contribution in [-0.2, 0) is 18.0 Å². The molecule has 0 amide bonds. The van der Waals surface area contributed by atoms with Gasteiger partial charge in [0, 0.05) is 10.7 Å². The van der Waals surface area contributed by atoms with E-state index >= 15 is 0 Å². The number of ether oxygens (including phenoxy) is 1. The van der Waals surface area contributed by atoms with Gasteiger partial charge in [0.25, 0.3) is 0 Å². The minimum atomic E-state index is 0.521. The van der Waals surface area contributed by atoms with Gasteiger partial charge in [-0.25, -0.2) is 9.97 Å². The van der Waals surface area contributed by atoms with Crippen LogP contribution in [0.1, 0.15) is 10.6 Å². The number of hydrogen-bond donors (Lipinski definition) is 0. The molecular formula is C14H11BrN2OS. The maximum absolute atomic E-state index is 5.67. The van der Waals surface area contributed by atoms with Crippen molar-refractivity contribution in [2.45, 2.75) is 13.2 Å². The van der Waals surface area contributed by atoms with Crippen LogP contribution in [0.5, 0.6) is 0 Å². The smallest absolute Gasteiger partial charge is 0.143 e. The number of rotatable bonds is 4. The molecule has 0 N–H and O–H groups in total. The van der Waals surface area contributed by atoms with Crippen molar-refractivity contribution < 1.29 is 4.74 Å². The molecule has 0 unspecified atom stereocenters. The van der Waals surface area contributed by atoms with Crippen molar-refractivity contribution in [2.24, 2.45) is 0 Å². The lowest BCUT2D eigenvalue weighted by Crippen LogP contribution is -1.93. The molecule has 3 aromatic rings. The van der Waals surface area contributed by atoms with Gasteiger partial charge in [0.15, 0.2) is 0 Å². The summed E-state index contributed by atoms with van der Waals surface area (Å²) in [6.45, 7) is 1.13. The first-order valence-corrected chi connectivity index (χ1v) is 7.45. The maximum atomic E-state index is 5.67. The van der Waals surface area contributed by atoms with Crippen LogP contribution in [0, 0.1) is 0 Å². The van der Waals surface area contributed by atoms with E-state index in [1.165, 1.54) is 5.56 Å². The standard InChI is InChI=1S/C14H11BrN2OS/c15-11-6-12-14(16-7-11)19-13(17-12)9-18-8-10-4-2-1-3-5-10/h1-7H,8-9H2. The van der Waals surface area contributed by atoms with Gasteiger partial charge in [0.2, 0.25) is 0 Å². The van der Waals surface area contributed by atoms with Gasteiger partial charge in [-0.05, 0) is 27.6 Å². The second kappa shape index (κ2) is 5.77. The van der Waals surface area contributed by atoms with E-state index in [4.69, 9.17) is 4.74 Å². The molecular weight excluding hydrogens is 324 g/mol. The van der Waals surface area contributed by atoms with Crippen molar-refractivity contribution in [1.29, 1.82) is 0 Å². The summed E-state index contributed by atoms with van der Waals surface area (Å²) in [6, 6.07) is 12.1. The highest BCUT2D eigenvalue weighted by molar-refractivity contribution is 9.10. The quantitative estimate of drug-likeness (QED) is 0.718. The minimum absolute atomic E-state index is 0.521. The van der Waals surface area contributed by atoms with Crippen LogP contribution in [0.4, 0.5) is 0 Å². The first-order valence-electron chi connectivity index (χ1n) is 5.84. The molecule has 0 saturated heterocycles. The predicted molar refractivity (Wildman–Crippen MR) is 80.1 cm³/mol. The van der Waals surface area contributed by atoms with Crippen LogP contribution in [0.15, 0.2) is 47.1 Å². The summed E-state index contributed by atoms with van der Waals surface area (Å²) in [7, 11) is 0. The highest BCUT2D eigenvalue weighted by Gasteiger charge is 2.05. The molecule has 96 valence electrons. The Morgan fingerprint density at radius 2 is 2.00 bits per heavy atom. The topological polar surface area (TPSA) is 35.0 Å². The summed E-state index contributed by atoms with van der Waals surface area (Å²) in [4.78, 5) is 9.77. The number of fused-ring (bicyclic) bond motifs is 1. The largest absolute Gasteiger partial charge is 0.370 e. The molecule has 0 fully saturated rings. The van der Waals surface area contributed by atoms with E-state index in [2.05, 4.69) is 38.0 Å². The number of aromatic nitrogens is 2. The van der Waals surface area contributed by atoms with E-state index in [0.717, 1.165) is 19.8 Å². The number of benzene rings is 1. The van der Waals surface area contributed by atoms with Crippen molar-refractivity contribution >= 4 is 37.6 Å². The second-order valence-electron chi connectivity index (χ2n) is 4.06. The number of thiazole rings is 1. The summed E-state index contributed by atoms with van der Waals surface area (Å²) >= 11 is 4.97. The molecule has 0 bridgehead atoms. The molecule has 3 nitrogen and oxygen atoms in total. The van der Waals surface area contributed by atoms with E-state index in [1.807, 2.05) is 24.3 Å². The van der Waals surface area contributed by atoms with Crippen molar-refractivity contribution in [3.63, 3.8) is 0 Å². The summed E-state index contributed by atoms with van der Waals surface area (Å²) in [5.41, 5.74) is 2.09. The normalized spacial score (nSPS) is 11.0. The molecule has 0 atom stereocenters. The molecule has 0 saturated carbocycles. The van der Waals surface area contributed by atoms with Gasteiger partial charge in [-0.1, -0.05) is 41.7 Å². The first-order chi connectivity index (χ1) is 9.31. The summed E-state index contributed by atoms with van der Waals surface area (Å²) < 4.78 is 6.62. The Kier molecular flexibility index (Phi) is 3.87. The highest BCUT2D eigenvalue weighted by atomic mass is 79.9. The van der Waals surface area contributed by atoms with Crippen molar-refractivity contribution in [3.8, 4) is 0 Å². The van der Waals surface area contributed by atoms with Crippen molar-refractivity contribution in [1.82, 2.24) is 9.97 Å². The Morgan fingerprint density at radius 1 is 1.16 bits per heavy atom. The fourth-order valence-corrected chi connectivity index (χ4v) is 2.88. The molecule has 0 aliphatic rings. The summed E-state index contributed by atoms with van der Waals surface area (Å²) in [5.74, 6) is 0. The van der Waals surface area contributed by atoms with Crippen LogP contribution in [-0.4, -0.2) is 9.97 Å². The second-order valence-corrected chi connectivity index (χ2v) is 6.04. The molecule has 0 aliphatic heterocycles. The van der Waals surface area contributed by atoms with Crippen molar-refractivity contribution in [3.05, 3.63) is 57.6 Å². The average molecular weight is 335 g/mol. The molecule has 0 spiro atoms. The summed E-state index contributed by atoms with van der Waals surface area (Å²) in [6.07, 6.45) is 1.79. The Balaban J connectivity index is 1.65. The van der Waals surface area contributed by atoms with Crippen LogP contribution in [0.3, 0.4) is 0 Å². The van der Waals surface area contributed by atoms with Crippen LogP contribution in [0.25, 0.3) is 10.3 Å². The lowest BCUT2D eigenvalue weighted by molar-refractivity contribution is 0.107. The Hall–Kier alpha value is -1.30. The van der Waals surface area contributed by atoms with Gasteiger partial charge in [0.05, 0.1) is 13.2 Å². The van der Waals surface area contributed by atoms with Gasteiger partial charge in [-0.3, -0.25) is 0 Å². The lowest BCUT2D eigenvalue weighted by Gasteiger charge is -2.01. The fourth-order valence-electron chi connectivity index (χ4n) is 1.74. The highest BCUT2D eigenvalue weighted by Crippen LogP contribution is 2.23. The Morgan fingerprint density at radius 3 is 2.84 bits per heavy atom. The van der Waals surface area contributed by atoms with Gasteiger partial charge < -0.3 is 4.74 Å². The lowest BCUT2D eigenvalue weighted by atomic mass is 10.2. The van der Waals surface area contributed by atoms with E-state index in [9.17, 15) is 0 Å². The van der Waals surface area contributed by atoms with E-state index < -0.39 is 0 Å². The zero-order valence-electron chi connectivity index (χ0n) is 10.0. The zero-order chi connectivity index (χ0) is 13.1. The predicted octanol–water partition coefficient (Wildman–Crippen LogP) is 4.17. The third-order valence-electron chi connectivity index (χ3n) is 2.60. The zero-order valence-corrected chi connectivity index (χ0v) is 12.4. The fraction of sp³-hybridized carbons (Fsp3) is 0.143. The molecule has 0 aliphatic carbocycles.